The standard InChI is InChI=1S/C16H25N3O/c1-13(2)14-5-4-6-15(11-14)17-16(20)12-19-9-7-18(3)8-10-19/h4-6,11,13H,7-10,12H2,1-3H3,(H,17,20). The van der Waals surface area contributed by atoms with E-state index >= 15 is 0 Å². The molecule has 1 amide bonds. The Kier molecular flexibility index (Phi) is 5.15. The van der Waals surface area contributed by atoms with E-state index in [4.69, 9.17) is 0 Å². The predicted molar refractivity (Wildman–Crippen MR) is 83.1 cm³/mol. The molecule has 1 aliphatic heterocycles. The van der Waals surface area contributed by atoms with Crippen molar-refractivity contribution in [3.8, 4) is 0 Å². The SMILES string of the molecule is CC(C)c1cccc(NC(=O)CN2CCN(C)CC2)c1. The molecule has 0 saturated carbocycles. The zero-order valence-corrected chi connectivity index (χ0v) is 12.7. The summed E-state index contributed by atoms with van der Waals surface area (Å²) in [6.07, 6.45) is 0. The molecule has 1 saturated heterocycles. The van der Waals surface area contributed by atoms with Crippen molar-refractivity contribution in [3.63, 3.8) is 0 Å². The molecule has 0 unspecified atom stereocenters. The lowest BCUT2D eigenvalue weighted by atomic mass is 10.0. The molecule has 4 heteroatoms. The van der Waals surface area contributed by atoms with Gasteiger partial charge in [-0.15, -0.1) is 0 Å². The number of carbonyl (C=O) groups excluding carboxylic acids is 1. The van der Waals surface area contributed by atoms with Crippen molar-refractivity contribution in [2.45, 2.75) is 19.8 Å². The van der Waals surface area contributed by atoms with Crippen LogP contribution in [0.4, 0.5) is 5.69 Å². The van der Waals surface area contributed by atoms with E-state index in [9.17, 15) is 4.79 Å². The second-order valence-electron chi connectivity index (χ2n) is 5.91. The highest BCUT2D eigenvalue weighted by atomic mass is 16.2. The summed E-state index contributed by atoms with van der Waals surface area (Å²) in [5.74, 6) is 0.556. The van der Waals surface area contributed by atoms with Crippen LogP contribution in [0.2, 0.25) is 0 Å². The lowest BCUT2D eigenvalue weighted by molar-refractivity contribution is -0.117. The van der Waals surface area contributed by atoms with Crippen LogP contribution in [0.15, 0.2) is 24.3 Å². The predicted octanol–water partition coefficient (Wildman–Crippen LogP) is 2.00. The normalized spacial score (nSPS) is 17.4. The second kappa shape index (κ2) is 6.86. The smallest absolute Gasteiger partial charge is 0.238 e. The molecule has 1 aromatic carbocycles. The first-order valence-electron chi connectivity index (χ1n) is 7.35. The van der Waals surface area contributed by atoms with Crippen LogP contribution in [0, 0.1) is 0 Å². The zero-order chi connectivity index (χ0) is 14.5. The fraction of sp³-hybridized carbons (Fsp3) is 0.562. The maximum Gasteiger partial charge on any atom is 0.238 e. The van der Waals surface area contributed by atoms with Crippen molar-refractivity contribution in [1.82, 2.24) is 9.80 Å². The van der Waals surface area contributed by atoms with Gasteiger partial charge in [-0.25, -0.2) is 0 Å². The van der Waals surface area contributed by atoms with Crippen LogP contribution in [0.1, 0.15) is 25.3 Å². The van der Waals surface area contributed by atoms with Gasteiger partial charge < -0.3 is 10.2 Å². The third-order valence-corrected chi connectivity index (χ3v) is 3.80. The molecule has 0 radical (unpaired) electrons. The number of hydrogen-bond acceptors (Lipinski definition) is 3. The van der Waals surface area contributed by atoms with Crippen molar-refractivity contribution >= 4 is 11.6 Å². The van der Waals surface area contributed by atoms with Crippen LogP contribution in [-0.2, 0) is 4.79 Å². The average molecular weight is 275 g/mol. The highest BCUT2D eigenvalue weighted by Crippen LogP contribution is 2.18. The Bertz CT molecular complexity index is 451. The van der Waals surface area contributed by atoms with Crippen molar-refractivity contribution in [1.29, 1.82) is 0 Å². The molecule has 110 valence electrons. The molecule has 0 aliphatic carbocycles. The van der Waals surface area contributed by atoms with E-state index < -0.39 is 0 Å². The largest absolute Gasteiger partial charge is 0.325 e. The highest BCUT2D eigenvalue weighted by Gasteiger charge is 2.16. The molecule has 1 aromatic rings. The summed E-state index contributed by atoms with van der Waals surface area (Å²) in [6.45, 7) is 8.81. The van der Waals surface area contributed by atoms with Crippen LogP contribution in [-0.4, -0.2) is 55.5 Å². The van der Waals surface area contributed by atoms with Gasteiger partial charge in [-0.2, -0.15) is 0 Å². The van der Waals surface area contributed by atoms with Gasteiger partial charge in [0.15, 0.2) is 0 Å². The summed E-state index contributed by atoms with van der Waals surface area (Å²) >= 11 is 0. The maximum absolute atomic E-state index is 12.1. The first kappa shape index (κ1) is 15.0. The number of hydrogen-bond donors (Lipinski definition) is 1. The summed E-state index contributed by atoms with van der Waals surface area (Å²) in [6, 6.07) is 8.11. The van der Waals surface area contributed by atoms with Crippen LogP contribution >= 0.6 is 0 Å². The number of likely N-dealkylation sites (N-methyl/N-ethyl adjacent to an activating group) is 1. The number of nitrogens with one attached hydrogen (secondary N) is 1. The topological polar surface area (TPSA) is 35.6 Å². The number of rotatable bonds is 4. The molecule has 0 aromatic heterocycles. The molecule has 2 rings (SSSR count). The zero-order valence-electron chi connectivity index (χ0n) is 12.7. The van der Waals surface area contributed by atoms with Crippen LogP contribution < -0.4 is 5.32 Å². The molecule has 1 fully saturated rings. The molecule has 0 spiro atoms. The Morgan fingerprint density at radius 1 is 1.25 bits per heavy atom. The van der Waals surface area contributed by atoms with Gasteiger partial charge in [0, 0.05) is 31.9 Å². The van der Waals surface area contributed by atoms with Gasteiger partial charge in [0.25, 0.3) is 0 Å². The van der Waals surface area contributed by atoms with E-state index in [1.807, 2.05) is 12.1 Å². The van der Waals surface area contributed by atoms with Crippen molar-refractivity contribution in [3.05, 3.63) is 29.8 Å². The van der Waals surface area contributed by atoms with Crippen LogP contribution in [0.5, 0.6) is 0 Å². The van der Waals surface area contributed by atoms with E-state index in [0.717, 1.165) is 31.9 Å². The molecule has 4 nitrogen and oxygen atoms in total. The van der Waals surface area contributed by atoms with E-state index in [1.165, 1.54) is 5.56 Å². The molecular weight excluding hydrogens is 250 g/mol. The molecule has 20 heavy (non-hydrogen) atoms. The molecule has 1 heterocycles. The third kappa shape index (κ3) is 4.32. The van der Waals surface area contributed by atoms with Gasteiger partial charge >= 0.3 is 0 Å². The Hall–Kier alpha value is -1.39. The lowest BCUT2D eigenvalue weighted by Crippen LogP contribution is -2.47. The third-order valence-electron chi connectivity index (χ3n) is 3.80. The monoisotopic (exact) mass is 275 g/mol. The number of benzene rings is 1. The van der Waals surface area contributed by atoms with Crippen molar-refractivity contribution in [2.24, 2.45) is 0 Å². The Balaban J connectivity index is 1.86. The molecular formula is C16H25N3O. The number of carbonyl (C=O) groups is 1. The van der Waals surface area contributed by atoms with E-state index in [2.05, 4.69) is 48.1 Å². The lowest BCUT2D eigenvalue weighted by Gasteiger charge is -2.31. The number of nitrogens with zero attached hydrogens (tertiary/aromatic N) is 2. The second-order valence-corrected chi connectivity index (χ2v) is 5.91. The quantitative estimate of drug-likeness (QED) is 0.913. The molecule has 1 aliphatic rings. The van der Waals surface area contributed by atoms with Crippen molar-refractivity contribution in [2.75, 3.05) is 45.1 Å². The van der Waals surface area contributed by atoms with E-state index in [-0.39, 0.29) is 5.91 Å². The van der Waals surface area contributed by atoms with E-state index in [1.54, 1.807) is 0 Å². The molecule has 1 N–H and O–H groups in total. The fourth-order valence-electron chi connectivity index (χ4n) is 2.39. The van der Waals surface area contributed by atoms with Gasteiger partial charge in [-0.1, -0.05) is 26.0 Å². The average Bonchev–Trinajstić information content (AvgIpc) is 2.41. The first-order valence-corrected chi connectivity index (χ1v) is 7.35. The summed E-state index contributed by atoms with van der Waals surface area (Å²) in [4.78, 5) is 16.6. The Morgan fingerprint density at radius 2 is 1.95 bits per heavy atom. The first-order chi connectivity index (χ1) is 9.54. The van der Waals surface area contributed by atoms with Gasteiger partial charge in [0.05, 0.1) is 6.54 Å². The molecule has 0 atom stereocenters. The number of piperazine rings is 1. The van der Waals surface area contributed by atoms with Gasteiger partial charge in [0.1, 0.15) is 0 Å². The number of amides is 1. The van der Waals surface area contributed by atoms with Gasteiger partial charge in [-0.3, -0.25) is 9.69 Å². The summed E-state index contributed by atoms with van der Waals surface area (Å²) in [5.41, 5.74) is 2.15. The Labute approximate surface area is 121 Å². The summed E-state index contributed by atoms with van der Waals surface area (Å²) < 4.78 is 0. The minimum absolute atomic E-state index is 0.0791. The van der Waals surface area contributed by atoms with Crippen LogP contribution in [0.3, 0.4) is 0 Å². The minimum atomic E-state index is 0.0791. The highest BCUT2D eigenvalue weighted by molar-refractivity contribution is 5.92. The van der Waals surface area contributed by atoms with Crippen LogP contribution in [0.25, 0.3) is 0 Å². The van der Waals surface area contributed by atoms with Crippen molar-refractivity contribution < 1.29 is 4.79 Å². The minimum Gasteiger partial charge on any atom is -0.325 e. The number of anilines is 1. The van der Waals surface area contributed by atoms with Gasteiger partial charge in [0.2, 0.25) is 5.91 Å². The summed E-state index contributed by atoms with van der Waals surface area (Å²) in [7, 11) is 2.12. The molecule has 0 bridgehead atoms. The maximum atomic E-state index is 12.1. The fourth-order valence-corrected chi connectivity index (χ4v) is 2.39. The Morgan fingerprint density at radius 3 is 2.60 bits per heavy atom. The summed E-state index contributed by atoms with van der Waals surface area (Å²) in [5, 5.41) is 3.00. The van der Waals surface area contributed by atoms with Gasteiger partial charge in [-0.05, 0) is 30.7 Å². The van der Waals surface area contributed by atoms with E-state index in [0.29, 0.717) is 12.5 Å².